The Morgan fingerprint density at radius 3 is 2.83 bits per heavy atom. The fourth-order valence-corrected chi connectivity index (χ4v) is 3.99. The lowest BCUT2D eigenvalue weighted by Gasteiger charge is -2.34. The van der Waals surface area contributed by atoms with E-state index in [1.807, 2.05) is 0 Å². The van der Waals surface area contributed by atoms with Crippen LogP contribution in [-0.4, -0.2) is 12.6 Å². The zero-order valence-electron chi connectivity index (χ0n) is 11.2. The molecule has 1 aliphatic carbocycles. The highest BCUT2D eigenvalue weighted by Gasteiger charge is 2.36. The molecule has 1 aromatic rings. The predicted molar refractivity (Wildman–Crippen MR) is 78.4 cm³/mol. The molecule has 0 radical (unpaired) electrons. The summed E-state index contributed by atoms with van der Waals surface area (Å²) in [6.07, 6.45) is 7.08. The van der Waals surface area contributed by atoms with Crippen molar-refractivity contribution >= 4 is 17.3 Å². The lowest BCUT2D eigenvalue weighted by atomic mass is 9.85. The highest BCUT2D eigenvalue weighted by Crippen LogP contribution is 2.39. The van der Waals surface area contributed by atoms with Crippen LogP contribution in [-0.2, 0) is 5.88 Å². The molecule has 0 bridgehead atoms. The largest absolute Gasteiger partial charge is 0.368 e. The molecule has 0 aromatic heterocycles. The van der Waals surface area contributed by atoms with Gasteiger partial charge in [-0.3, -0.25) is 0 Å². The van der Waals surface area contributed by atoms with Crippen molar-refractivity contribution < 1.29 is 0 Å². The fraction of sp³-hybridized carbons (Fsp3) is 0.625. The quantitative estimate of drug-likeness (QED) is 0.710. The number of rotatable bonds is 2. The lowest BCUT2D eigenvalue weighted by molar-refractivity contribution is 0.342. The maximum absolute atomic E-state index is 5.91. The Bertz CT molecular complexity index is 429. The van der Waals surface area contributed by atoms with Crippen LogP contribution in [0.5, 0.6) is 0 Å². The number of halogens is 1. The molecule has 2 heteroatoms. The minimum absolute atomic E-state index is 0.618. The van der Waals surface area contributed by atoms with E-state index in [4.69, 9.17) is 11.6 Å². The molecule has 3 rings (SSSR count). The van der Waals surface area contributed by atoms with Gasteiger partial charge in [0.2, 0.25) is 0 Å². The molecule has 2 aliphatic rings. The van der Waals surface area contributed by atoms with E-state index in [-0.39, 0.29) is 0 Å². The lowest BCUT2D eigenvalue weighted by Crippen LogP contribution is -2.35. The summed E-state index contributed by atoms with van der Waals surface area (Å²) in [5.74, 6) is 1.57. The molecule has 1 heterocycles. The van der Waals surface area contributed by atoms with E-state index in [0.717, 1.165) is 12.0 Å². The van der Waals surface area contributed by atoms with Gasteiger partial charge >= 0.3 is 0 Å². The van der Waals surface area contributed by atoms with Crippen LogP contribution in [0.4, 0.5) is 5.69 Å². The number of benzene rings is 1. The molecular formula is C16H22ClN. The summed E-state index contributed by atoms with van der Waals surface area (Å²) >= 11 is 5.91. The number of aryl methyl sites for hydroxylation is 1. The van der Waals surface area contributed by atoms with E-state index >= 15 is 0 Å². The normalized spacial score (nSPS) is 27.3. The van der Waals surface area contributed by atoms with Crippen LogP contribution in [0.15, 0.2) is 18.2 Å². The Morgan fingerprint density at radius 1 is 1.22 bits per heavy atom. The molecule has 2 unspecified atom stereocenters. The molecule has 2 fully saturated rings. The van der Waals surface area contributed by atoms with Crippen LogP contribution in [0.3, 0.4) is 0 Å². The van der Waals surface area contributed by atoms with Gasteiger partial charge in [0.05, 0.1) is 0 Å². The minimum atomic E-state index is 0.618. The average molecular weight is 264 g/mol. The molecule has 0 spiro atoms. The van der Waals surface area contributed by atoms with E-state index in [1.54, 1.807) is 0 Å². The Kier molecular flexibility index (Phi) is 3.52. The summed E-state index contributed by atoms with van der Waals surface area (Å²) < 4.78 is 0. The van der Waals surface area contributed by atoms with Crippen molar-refractivity contribution in [2.75, 3.05) is 11.4 Å². The average Bonchev–Trinajstić information content (AvgIpc) is 2.82. The first-order valence-electron chi connectivity index (χ1n) is 7.21. The van der Waals surface area contributed by atoms with Crippen LogP contribution in [0.25, 0.3) is 0 Å². The first kappa shape index (κ1) is 12.3. The van der Waals surface area contributed by atoms with Gasteiger partial charge < -0.3 is 4.90 Å². The molecule has 98 valence electrons. The molecule has 1 saturated carbocycles. The third-order valence-electron chi connectivity index (χ3n) is 4.74. The molecule has 2 atom stereocenters. The van der Waals surface area contributed by atoms with Gasteiger partial charge in [0.25, 0.3) is 0 Å². The van der Waals surface area contributed by atoms with E-state index < -0.39 is 0 Å². The second-order valence-corrected chi connectivity index (χ2v) is 6.12. The third kappa shape index (κ3) is 2.14. The molecule has 1 saturated heterocycles. The SMILES string of the molecule is Cc1cc(CCl)ccc1N1CCC2CCCCC21. The summed E-state index contributed by atoms with van der Waals surface area (Å²) in [4.78, 5) is 2.66. The molecule has 1 nitrogen and oxygen atoms in total. The van der Waals surface area contributed by atoms with Crippen LogP contribution < -0.4 is 4.90 Å². The van der Waals surface area contributed by atoms with Gasteiger partial charge in [0.15, 0.2) is 0 Å². The van der Waals surface area contributed by atoms with Crippen molar-refractivity contribution in [2.24, 2.45) is 5.92 Å². The highest BCUT2D eigenvalue weighted by molar-refractivity contribution is 6.17. The van der Waals surface area contributed by atoms with Crippen molar-refractivity contribution in [2.45, 2.75) is 50.9 Å². The van der Waals surface area contributed by atoms with Gasteiger partial charge in [-0.05, 0) is 49.3 Å². The Balaban J connectivity index is 1.86. The number of hydrogen-bond acceptors (Lipinski definition) is 1. The smallest absolute Gasteiger partial charge is 0.0474 e. The van der Waals surface area contributed by atoms with Crippen molar-refractivity contribution in [3.05, 3.63) is 29.3 Å². The van der Waals surface area contributed by atoms with Crippen LogP contribution in [0, 0.1) is 12.8 Å². The second kappa shape index (κ2) is 5.13. The van der Waals surface area contributed by atoms with Crippen LogP contribution in [0.1, 0.15) is 43.2 Å². The first-order chi connectivity index (χ1) is 8.79. The number of alkyl halides is 1. The van der Waals surface area contributed by atoms with Crippen LogP contribution in [0.2, 0.25) is 0 Å². The van der Waals surface area contributed by atoms with Gasteiger partial charge in [-0.15, -0.1) is 11.6 Å². The van der Waals surface area contributed by atoms with Gasteiger partial charge in [0.1, 0.15) is 0 Å². The monoisotopic (exact) mass is 263 g/mol. The van der Waals surface area contributed by atoms with E-state index in [2.05, 4.69) is 30.0 Å². The highest BCUT2D eigenvalue weighted by atomic mass is 35.5. The van der Waals surface area contributed by atoms with Gasteiger partial charge in [-0.2, -0.15) is 0 Å². The molecule has 18 heavy (non-hydrogen) atoms. The first-order valence-corrected chi connectivity index (χ1v) is 7.75. The summed E-state index contributed by atoms with van der Waals surface area (Å²) in [6, 6.07) is 7.52. The summed E-state index contributed by atoms with van der Waals surface area (Å²) in [7, 11) is 0. The molecule has 0 N–H and O–H groups in total. The third-order valence-corrected chi connectivity index (χ3v) is 5.04. The number of anilines is 1. The van der Waals surface area contributed by atoms with Crippen LogP contribution >= 0.6 is 11.6 Å². The maximum Gasteiger partial charge on any atom is 0.0474 e. The van der Waals surface area contributed by atoms with E-state index in [9.17, 15) is 0 Å². The molecular weight excluding hydrogens is 242 g/mol. The Labute approximate surface area is 115 Å². The van der Waals surface area contributed by atoms with Crippen molar-refractivity contribution in [3.63, 3.8) is 0 Å². The van der Waals surface area contributed by atoms with Crippen molar-refractivity contribution in [1.29, 1.82) is 0 Å². The topological polar surface area (TPSA) is 3.24 Å². The Hall–Kier alpha value is -0.690. The molecule has 1 aliphatic heterocycles. The zero-order valence-corrected chi connectivity index (χ0v) is 11.9. The summed E-state index contributed by atoms with van der Waals surface area (Å²) in [6.45, 7) is 3.47. The van der Waals surface area contributed by atoms with Crippen molar-refractivity contribution in [1.82, 2.24) is 0 Å². The zero-order chi connectivity index (χ0) is 12.5. The maximum atomic E-state index is 5.91. The number of fused-ring (bicyclic) bond motifs is 1. The number of hydrogen-bond donors (Lipinski definition) is 0. The van der Waals surface area contributed by atoms with Crippen molar-refractivity contribution in [3.8, 4) is 0 Å². The summed E-state index contributed by atoms with van der Waals surface area (Å²) in [5.41, 5.74) is 4.06. The Morgan fingerprint density at radius 2 is 2.06 bits per heavy atom. The van der Waals surface area contributed by atoms with E-state index in [1.165, 1.54) is 55.5 Å². The fourth-order valence-electron chi connectivity index (χ4n) is 3.83. The second-order valence-electron chi connectivity index (χ2n) is 5.85. The number of nitrogens with zero attached hydrogens (tertiary/aromatic N) is 1. The van der Waals surface area contributed by atoms with Gasteiger partial charge in [-0.1, -0.05) is 25.0 Å². The van der Waals surface area contributed by atoms with Gasteiger partial charge in [0, 0.05) is 24.2 Å². The minimum Gasteiger partial charge on any atom is -0.368 e. The molecule has 1 aromatic carbocycles. The predicted octanol–water partition coefficient (Wildman–Crippen LogP) is 4.50. The van der Waals surface area contributed by atoms with Gasteiger partial charge in [-0.25, -0.2) is 0 Å². The van der Waals surface area contributed by atoms with E-state index in [0.29, 0.717) is 5.88 Å². The standard InChI is InChI=1S/C16H22ClN/c1-12-10-13(11-17)6-7-15(12)18-9-8-14-4-2-3-5-16(14)18/h6-7,10,14,16H,2-5,8-9,11H2,1H3. The summed E-state index contributed by atoms with van der Waals surface area (Å²) in [5, 5.41) is 0. The molecule has 0 amide bonds.